The van der Waals surface area contributed by atoms with Crippen molar-refractivity contribution in [1.29, 1.82) is 0 Å². The second-order valence-corrected chi connectivity index (χ2v) is 16.7. The Hall–Kier alpha value is -1.14. The fourth-order valence-corrected chi connectivity index (χ4v) is 8.73. The van der Waals surface area contributed by atoms with Gasteiger partial charge in [0.05, 0.1) is 0 Å². The Labute approximate surface area is 272 Å². The molecule has 0 N–H and O–H groups in total. The number of hydrogen-bond acceptors (Lipinski definition) is 6. The first-order chi connectivity index (χ1) is 20.5. The summed E-state index contributed by atoms with van der Waals surface area (Å²) in [6.45, 7) is 22.0. The molecule has 2 rings (SSSR count). The number of hydrogen-bond donors (Lipinski definition) is 0. The molecular formula is C38H72N2O4. The van der Waals surface area contributed by atoms with E-state index in [1.54, 1.807) is 0 Å². The second-order valence-electron chi connectivity index (χ2n) is 16.7. The van der Waals surface area contributed by atoms with Gasteiger partial charge in [0.1, 0.15) is 12.2 Å². The predicted molar refractivity (Wildman–Crippen MR) is 183 cm³/mol. The second kappa shape index (κ2) is 17.7. The van der Waals surface area contributed by atoms with Crippen molar-refractivity contribution in [2.24, 2.45) is 0 Å². The Morgan fingerprint density at radius 2 is 0.818 bits per heavy atom. The number of piperidine rings is 2. The van der Waals surface area contributed by atoms with Gasteiger partial charge < -0.3 is 9.47 Å². The Morgan fingerprint density at radius 1 is 0.523 bits per heavy atom. The molecule has 0 radical (unpaired) electrons. The minimum atomic E-state index is -0.206. The van der Waals surface area contributed by atoms with Crippen LogP contribution in [0.25, 0.3) is 0 Å². The molecule has 0 spiro atoms. The van der Waals surface area contributed by atoms with Gasteiger partial charge in [-0.2, -0.15) is 0 Å². The Bertz CT molecular complexity index is 829. The number of unbranched alkanes of at least 4 members (excludes halogenated alkanes) is 14. The summed E-state index contributed by atoms with van der Waals surface area (Å²) in [6.07, 6.45) is 23.4. The maximum atomic E-state index is 12.9. The summed E-state index contributed by atoms with van der Waals surface area (Å²) >= 11 is 0. The first-order valence-electron chi connectivity index (χ1n) is 18.5. The van der Waals surface area contributed by atoms with Crippen molar-refractivity contribution in [3.05, 3.63) is 0 Å². The van der Waals surface area contributed by atoms with E-state index in [1.165, 1.54) is 90.4 Å². The lowest BCUT2D eigenvalue weighted by atomic mass is 9.75. The van der Waals surface area contributed by atoms with Crippen LogP contribution in [-0.4, -0.2) is 56.3 Å². The molecule has 0 aromatic carbocycles. The number of hydrazine groups is 1. The van der Waals surface area contributed by atoms with Crippen molar-refractivity contribution in [3.63, 3.8) is 0 Å². The summed E-state index contributed by atoms with van der Waals surface area (Å²) < 4.78 is 11.9. The average Bonchev–Trinajstić information content (AvgIpc) is 2.86. The number of rotatable bonds is 19. The fraction of sp³-hybridized carbons (Fsp3) is 0.947. The summed E-state index contributed by atoms with van der Waals surface area (Å²) in [4.78, 5) is 24.7. The van der Waals surface area contributed by atoms with Crippen molar-refractivity contribution >= 4 is 11.9 Å². The van der Waals surface area contributed by atoms with E-state index in [4.69, 9.17) is 9.47 Å². The van der Waals surface area contributed by atoms with Crippen LogP contribution in [0.15, 0.2) is 0 Å². The van der Waals surface area contributed by atoms with Crippen LogP contribution in [0.2, 0.25) is 0 Å². The molecule has 0 aromatic heterocycles. The highest BCUT2D eigenvalue weighted by Crippen LogP contribution is 2.49. The van der Waals surface area contributed by atoms with Crippen LogP contribution in [0.5, 0.6) is 0 Å². The molecule has 2 saturated heterocycles. The predicted octanol–water partition coefficient (Wildman–Crippen LogP) is 10.3. The summed E-state index contributed by atoms with van der Waals surface area (Å²) in [6, 6.07) is 0. The summed E-state index contributed by atoms with van der Waals surface area (Å²) in [5.74, 6) is -0.240. The van der Waals surface area contributed by atoms with E-state index in [-0.39, 0.29) is 46.3 Å². The largest absolute Gasteiger partial charge is 0.462 e. The van der Waals surface area contributed by atoms with Crippen molar-refractivity contribution in [3.8, 4) is 0 Å². The molecule has 2 aliphatic rings. The van der Waals surface area contributed by atoms with Gasteiger partial charge in [-0.05, 0) is 61.8 Å². The fourth-order valence-electron chi connectivity index (χ4n) is 8.73. The molecule has 2 aliphatic heterocycles. The lowest BCUT2D eigenvalue weighted by Crippen LogP contribution is -2.77. The molecule has 0 aliphatic carbocycles. The number of nitrogens with zero attached hydrogens (tertiary/aromatic N) is 2. The van der Waals surface area contributed by atoms with E-state index >= 15 is 0 Å². The minimum absolute atomic E-state index is 0.0346. The number of carbonyl (C=O) groups excluding carboxylic acids is 2. The number of esters is 2. The SMILES string of the molecule is CCCCCCCCCCCCCCCCCC(=O)OC1CC(C)(C)N(N2C(C)(C)CC(OC(C)=O)CC2(C)C)C(C)(C)C1. The van der Waals surface area contributed by atoms with E-state index in [0.29, 0.717) is 6.42 Å². The molecule has 0 amide bonds. The molecule has 0 aromatic rings. The van der Waals surface area contributed by atoms with Crippen molar-refractivity contribution < 1.29 is 19.1 Å². The van der Waals surface area contributed by atoms with Gasteiger partial charge in [-0.15, -0.1) is 0 Å². The lowest BCUT2D eigenvalue weighted by molar-refractivity contribution is -0.292. The Balaban J connectivity index is 1.73. The Morgan fingerprint density at radius 3 is 1.14 bits per heavy atom. The van der Waals surface area contributed by atoms with E-state index in [0.717, 1.165) is 38.5 Å². The average molecular weight is 621 g/mol. The van der Waals surface area contributed by atoms with Gasteiger partial charge in [0.15, 0.2) is 0 Å². The smallest absolute Gasteiger partial charge is 0.306 e. The van der Waals surface area contributed by atoms with Crippen LogP contribution in [0.3, 0.4) is 0 Å². The van der Waals surface area contributed by atoms with Gasteiger partial charge in [0.25, 0.3) is 0 Å². The molecule has 2 heterocycles. The van der Waals surface area contributed by atoms with Crippen LogP contribution < -0.4 is 0 Å². The monoisotopic (exact) mass is 621 g/mol. The third-order valence-corrected chi connectivity index (χ3v) is 10.0. The molecule has 2 fully saturated rings. The minimum Gasteiger partial charge on any atom is -0.462 e. The van der Waals surface area contributed by atoms with Crippen LogP contribution in [0, 0.1) is 0 Å². The van der Waals surface area contributed by atoms with Crippen LogP contribution in [0.4, 0.5) is 0 Å². The lowest BCUT2D eigenvalue weighted by Gasteiger charge is -2.67. The van der Waals surface area contributed by atoms with E-state index in [1.807, 2.05) is 0 Å². The highest BCUT2D eigenvalue weighted by atomic mass is 16.5. The first-order valence-corrected chi connectivity index (χ1v) is 18.5. The molecule has 6 nitrogen and oxygen atoms in total. The quantitative estimate of drug-likeness (QED) is 0.106. The van der Waals surface area contributed by atoms with E-state index in [2.05, 4.69) is 72.3 Å². The van der Waals surface area contributed by atoms with Gasteiger partial charge in [-0.1, -0.05) is 96.8 Å². The molecule has 0 unspecified atom stereocenters. The van der Waals surface area contributed by atoms with Gasteiger partial charge in [-0.3, -0.25) is 9.59 Å². The molecule has 0 saturated carbocycles. The van der Waals surface area contributed by atoms with Gasteiger partial charge in [0.2, 0.25) is 0 Å². The molecule has 0 bridgehead atoms. The van der Waals surface area contributed by atoms with Crippen LogP contribution in [0.1, 0.15) is 198 Å². The molecule has 0 atom stereocenters. The van der Waals surface area contributed by atoms with Crippen molar-refractivity contribution in [1.82, 2.24) is 10.0 Å². The topological polar surface area (TPSA) is 59.1 Å². The molecular weight excluding hydrogens is 548 g/mol. The van der Waals surface area contributed by atoms with E-state index in [9.17, 15) is 9.59 Å². The molecule has 6 heteroatoms. The maximum absolute atomic E-state index is 12.9. The maximum Gasteiger partial charge on any atom is 0.306 e. The first kappa shape index (κ1) is 39.0. The number of ether oxygens (including phenoxy) is 2. The molecule has 258 valence electrons. The normalized spacial score (nSPS) is 22.1. The highest BCUT2D eigenvalue weighted by Gasteiger charge is 2.57. The van der Waals surface area contributed by atoms with Crippen LogP contribution in [-0.2, 0) is 19.1 Å². The van der Waals surface area contributed by atoms with Crippen LogP contribution >= 0.6 is 0 Å². The number of carbonyl (C=O) groups is 2. The standard InChI is InChI=1S/C38H72N2O4/c1-11-12-13-14-15-16-17-18-19-20-21-22-23-24-25-26-34(42)44-33-29-37(7,8)40(38(9,10)30-33)39-35(3,4)27-32(43-31(2)41)28-36(39,5)6/h32-33H,11-30H2,1-10H3. The van der Waals surface area contributed by atoms with Gasteiger partial charge >= 0.3 is 11.9 Å². The van der Waals surface area contributed by atoms with Crippen molar-refractivity contribution in [2.45, 2.75) is 232 Å². The zero-order chi connectivity index (χ0) is 33.0. The van der Waals surface area contributed by atoms with Gasteiger partial charge in [0, 0.05) is 61.2 Å². The van der Waals surface area contributed by atoms with Crippen molar-refractivity contribution in [2.75, 3.05) is 0 Å². The Kier molecular flexibility index (Phi) is 15.7. The summed E-state index contributed by atoms with van der Waals surface area (Å²) in [5.41, 5.74) is -0.810. The summed E-state index contributed by atoms with van der Waals surface area (Å²) in [5, 5.41) is 5.14. The zero-order valence-electron chi connectivity index (χ0n) is 30.8. The third-order valence-electron chi connectivity index (χ3n) is 10.0. The van der Waals surface area contributed by atoms with E-state index < -0.39 is 0 Å². The summed E-state index contributed by atoms with van der Waals surface area (Å²) in [7, 11) is 0. The molecule has 44 heavy (non-hydrogen) atoms. The highest BCUT2D eigenvalue weighted by molar-refractivity contribution is 5.69. The van der Waals surface area contributed by atoms with Gasteiger partial charge in [-0.25, -0.2) is 10.0 Å². The zero-order valence-corrected chi connectivity index (χ0v) is 30.8. The third kappa shape index (κ3) is 12.6.